The SMILES string of the molecule is CCOC(=O)CC(C(=O)N1CCCC1)c1ccc(Cl)cc1[N+](=O)[O-]. The van der Waals surface area contributed by atoms with E-state index in [0.29, 0.717) is 13.1 Å². The first-order chi connectivity index (χ1) is 11.4. The van der Waals surface area contributed by atoms with Crippen molar-refractivity contribution in [3.8, 4) is 0 Å². The number of ether oxygens (including phenoxy) is 1. The fourth-order valence-corrected chi connectivity index (χ4v) is 3.01. The maximum absolute atomic E-state index is 12.8. The molecule has 1 amide bonds. The first-order valence-corrected chi connectivity index (χ1v) is 8.20. The van der Waals surface area contributed by atoms with Crippen molar-refractivity contribution >= 4 is 29.2 Å². The molecule has 0 saturated carbocycles. The van der Waals surface area contributed by atoms with Gasteiger partial charge in [0.25, 0.3) is 5.69 Å². The molecule has 1 heterocycles. The summed E-state index contributed by atoms with van der Waals surface area (Å²) < 4.78 is 4.93. The Balaban J connectivity index is 2.39. The number of nitrogens with zero attached hydrogens (tertiary/aromatic N) is 2. The molecule has 0 bridgehead atoms. The number of hydrogen-bond donors (Lipinski definition) is 0. The topological polar surface area (TPSA) is 89.8 Å². The standard InChI is InChI=1S/C16H19ClN2O5/c1-2-24-15(20)10-13(16(21)18-7-3-4-8-18)12-6-5-11(17)9-14(12)19(22)23/h5-6,9,13H,2-4,7-8,10H2,1H3. The van der Waals surface area contributed by atoms with Crippen LogP contribution in [-0.4, -0.2) is 41.4 Å². The Morgan fingerprint density at radius 2 is 2.04 bits per heavy atom. The highest BCUT2D eigenvalue weighted by atomic mass is 35.5. The molecule has 7 nitrogen and oxygen atoms in total. The Morgan fingerprint density at radius 3 is 2.62 bits per heavy atom. The Bertz CT molecular complexity index is 643. The number of nitro benzene ring substituents is 1. The van der Waals surface area contributed by atoms with E-state index in [1.54, 1.807) is 11.8 Å². The predicted molar refractivity (Wildman–Crippen MR) is 87.9 cm³/mol. The van der Waals surface area contributed by atoms with Gasteiger partial charge in [-0.25, -0.2) is 0 Å². The van der Waals surface area contributed by atoms with Gasteiger partial charge in [-0.3, -0.25) is 19.7 Å². The lowest BCUT2D eigenvalue weighted by Gasteiger charge is -2.23. The highest BCUT2D eigenvalue weighted by molar-refractivity contribution is 6.30. The lowest BCUT2D eigenvalue weighted by atomic mass is 9.92. The summed E-state index contributed by atoms with van der Waals surface area (Å²) in [6, 6.07) is 4.13. The third-order valence-electron chi connectivity index (χ3n) is 3.96. The first-order valence-electron chi connectivity index (χ1n) is 7.82. The van der Waals surface area contributed by atoms with E-state index in [-0.39, 0.29) is 35.2 Å². The van der Waals surface area contributed by atoms with Gasteiger partial charge in [-0.1, -0.05) is 11.6 Å². The number of carbonyl (C=O) groups excluding carboxylic acids is 2. The van der Waals surface area contributed by atoms with Gasteiger partial charge in [-0.2, -0.15) is 0 Å². The number of amides is 1. The number of benzene rings is 1. The summed E-state index contributed by atoms with van der Waals surface area (Å²) in [6.07, 6.45) is 1.55. The molecule has 1 unspecified atom stereocenters. The van der Waals surface area contributed by atoms with E-state index in [1.807, 2.05) is 0 Å². The minimum Gasteiger partial charge on any atom is -0.466 e. The summed E-state index contributed by atoms with van der Waals surface area (Å²) in [5.41, 5.74) is -0.0706. The van der Waals surface area contributed by atoms with Crippen molar-refractivity contribution in [2.45, 2.75) is 32.1 Å². The minimum atomic E-state index is -0.945. The molecule has 1 aliphatic heterocycles. The predicted octanol–water partition coefficient (Wildman–Crippen LogP) is 2.91. The number of nitro groups is 1. The van der Waals surface area contributed by atoms with Crippen LogP contribution in [0.25, 0.3) is 0 Å². The number of carbonyl (C=O) groups is 2. The molecule has 2 rings (SSSR count). The van der Waals surface area contributed by atoms with Crippen molar-refractivity contribution in [1.29, 1.82) is 0 Å². The van der Waals surface area contributed by atoms with E-state index >= 15 is 0 Å². The molecule has 24 heavy (non-hydrogen) atoms. The molecule has 0 spiro atoms. The van der Waals surface area contributed by atoms with Crippen LogP contribution in [0.1, 0.15) is 37.7 Å². The van der Waals surface area contributed by atoms with Crippen LogP contribution in [0.3, 0.4) is 0 Å². The largest absolute Gasteiger partial charge is 0.466 e. The zero-order valence-corrected chi connectivity index (χ0v) is 14.1. The third kappa shape index (κ3) is 4.23. The van der Waals surface area contributed by atoms with Crippen molar-refractivity contribution in [2.75, 3.05) is 19.7 Å². The van der Waals surface area contributed by atoms with Crippen LogP contribution >= 0.6 is 11.6 Å². The van der Waals surface area contributed by atoms with E-state index in [0.717, 1.165) is 12.8 Å². The van der Waals surface area contributed by atoms with Crippen molar-refractivity contribution in [1.82, 2.24) is 4.90 Å². The molecule has 1 fully saturated rings. The van der Waals surface area contributed by atoms with E-state index < -0.39 is 16.8 Å². The molecule has 0 N–H and O–H groups in total. The van der Waals surface area contributed by atoms with Gasteiger partial charge in [-0.15, -0.1) is 0 Å². The van der Waals surface area contributed by atoms with Crippen LogP contribution in [0.2, 0.25) is 5.02 Å². The smallest absolute Gasteiger partial charge is 0.306 e. The Morgan fingerprint density at radius 1 is 1.38 bits per heavy atom. The zero-order chi connectivity index (χ0) is 17.7. The van der Waals surface area contributed by atoms with Crippen LogP contribution in [0.4, 0.5) is 5.69 Å². The van der Waals surface area contributed by atoms with Gasteiger partial charge >= 0.3 is 5.97 Å². The third-order valence-corrected chi connectivity index (χ3v) is 4.19. The quantitative estimate of drug-likeness (QED) is 0.445. The average molecular weight is 355 g/mol. The summed E-state index contributed by atoms with van der Waals surface area (Å²) in [5, 5.41) is 11.5. The van der Waals surface area contributed by atoms with Crippen LogP contribution in [0.15, 0.2) is 18.2 Å². The van der Waals surface area contributed by atoms with Gasteiger partial charge in [0.2, 0.25) is 5.91 Å². The van der Waals surface area contributed by atoms with Crippen molar-refractivity contribution in [3.05, 3.63) is 38.9 Å². The molecule has 0 aromatic heterocycles. The Labute approximate surface area is 144 Å². The molecule has 1 saturated heterocycles. The van der Waals surface area contributed by atoms with Gasteiger partial charge in [0.15, 0.2) is 0 Å². The van der Waals surface area contributed by atoms with E-state index in [9.17, 15) is 19.7 Å². The summed E-state index contributed by atoms with van der Waals surface area (Å²) in [5.74, 6) is -1.79. The molecule has 1 aromatic carbocycles. The summed E-state index contributed by atoms with van der Waals surface area (Å²) >= 11 is 5.84. The van der Waals surface area contributed by atoms with Gasteiger partial charge < -0.3 is 9.64 Å². The summed E-state index contributed by atoms with van der Waals surface area (Å²) in [6.45, 7) is 3.05. The molecular formula is C16H19ClN2O5. The van der Waals surface area contributed by atoms with Crippen molar-refractivity contribution < 1.29 is 19.2 Å². The molecule has 0 radical (unpaired) electrons. The minimum absolute atomic E-state index is 0.187. The van der Waals surface area contributed by atoms with E-state index in [1.165, 1.54) is 18.2 Å². The summed E-state index contributed by atoms with van der Waals surface area (Å²) in [7, 11) is 0. The van der Waals surface area contributed by atoms with Crippen LogP contribution in [-0.2, 0) is 14.3 Å². The van der Waals surface area contributed by atoms with Gasteiger partial charge in [0.05, 0.1) is 23.9 Å². The van der Waals surface area contributed by atoms with Crippen molar-refractivity contribution in [3.63, 3.8) is 0 Å². The second-order valence-electron chi connectivity index (χ2n) is 5.55. The average Bonchev–Trinajstić information content (AvgIpc) is 3.07. The monoisotopic (exact) mass is 354 g/mol. The van der Waals surface area contributed by atoms with E-state index in [2.05, 4.69) is 0 Å². The molecule has 1 aromatic rings. The second-order valence-corrected chi connectivity index (χ2v) is 5.99. The number of hydrogen-bond acceptors (Lipinski definition) is 5. The highest BCUT2D eigenvalue weighted by Gasteiger charge is 2.34. The summed E-state index contributed by atoms with van der Waals surface area (Å²) in [4.78, 5) is 37.1. The number of rotatable bonds is 6. The lowest BCUT2D eigenvalue weighted by molar-refractivity contribution is -0.385. The molecule has 8 heteroatoms. The molecule has 1 atom stereocenters. The first kappa shape index (κ1) is 18.2. The van der Waals surface area contributed by atoms with Gasteiger partial charge in [-0.05, 0) is 31.9 Å². The normalized spacial score (nSPS) is 15.2. The lowest BCUT2D eigenvalue weighted by Crippen LogP contribution is -2.34. The Kier molecular flexibility index (Phi) is 6.14. The Hall–Kier alpha value is -2.15. The molecule has 0 aliphatic carbocycles. The van der Waals surface area contributed by atoms with Gasteiger partial charge in [0, 0.05) is 29.7 Å². The number of likely N-dealkylation sites (tertiary alicyclic amines) is 1. The maximum atomic E-state index is 12.8. The van der Waals surface area contributed by atoms with Crippen molar-refractivity contribution in [2.24, 2.45) is 0 Å². The second kappa shape index (κ2) is 8.10. The molecule has 1 aliphatic rings. The fourth-order valence-electron chi connectivity index (χ4n) is 2.84. The molecular weight excluding hydrogens is 336 g/mol. The number of esters is 1. The maximum Gasteiger partial charge on any atom is 0.306 e. The number of halogens is 1. The van der Waals surface area contributed by atoms with Crippen LogP contribution < -0.4 is 0 Å². The molecule has 130 valence electrons. The van der Waals surface area contributed by atoms with Gasteiger partial charge in [0.1, 0.15) is 0 Å². The van der Waals surface area contributed by atoms with Crippen LogP contribution in [0, 0.1) is 10.1 Å². The van der Waals surface area contributed by atoms with Crippen LogP contribution in [0.5, 0.6) is 0 Å². The fraction of sp³-hybridized carbons (Fsp3) is 0.500. The zero-order valence-electron chi connectivity index (χ0n) is 13.4. The highest BCUT2D eigenvalue weighted by Crippen LogP contribution is 2.33. The van der Waals surface area contributed by atoms with E-state index in [4.69, 9.17) is 16.3 Å².